The van der Waals surface area contributed by atoms with Gasteiger partial charge < -0.3 is 19.3 Å². The molecule has 0 saturated carbocycles. The van der Waals surface area contributed by atoms with Gasteiger partial charge in [-0.15, -0.1) is 0 Å². The fourth-order valence-electron chi connectivity index (χ4n) is 4.06. The van der Waals surface area contributed by atoms with Gasteiger partial charge in [0.15, 0.2) is 5.60 Å². The first-order valence-corrected chi connectivity index (χ1v) is 9.54. The van der Waals surface area contributed by atoms with Gasteiger partial charge in [-0.05, 0) is 37.5 Å². The molecule has 0 aliphatic heterocycles. The molecule has 0 radical (unpaired) electrons. The molecule has 0 unspecified atom stereocenters. The first-order chi connectivity index (χ1) is 13.9. The van der Waals surface area contributed by atoms with Crippen LogP contribution in [0, 0.1) is 20.8 Å². The first-order valence-electron chi connectivity index (χ1n) is 9.54. The van der Waals surface area contributed by atoms with E-state index in [0.29, 0.717) is 33.9 Å². The van der Waals surface area contributed by atoms with Crippen molar-refractivity contribution in [3.05, 3.63) is 88.0 Å². The zero-order valence-corrected chi connectivity index (χ0v) is 17.9. The number of benzene rings is 3. The second-order valence-corrected chi connectivity index (χ2v) is 7.18. The predicted octanol–water partition coefficient (Wildman–Crippen LogP) is 4.92. The maximum Gasteiger partial charge on any atom is 0.151 e. The minimum atomic E-state index is -1.55. The summed E-state index contributed by atoms with van der Waals surface area (Å²) in [5, 5.41) is 12.5. The molecule has 0 aliphatic carbocycles. The number of hydrogen-bond donors (Lipinski definition) is 1. The van der Waals surface area contributed by atoms with Gasteiger partial charge in [0, 0.05) is 16.7 Å². The van der Waals surface area contributed by atoms with Crippen molar-refractivity contribution in [2.24, 2.45) is 0 Å². The molecule has 3 aromatic carbocycles. The summed E-state index contributed by atoms with van der Waals surface area (Å²) in [6.45, 7) is 5.89. The van der Waals surface area contributed by atoms with Crippen LogP contribution in [-0.2, 0) is 5.60 Å². The van der Waals surface area contributed by atoms with E-state index in [1.165, 1.54) is 0 Å². The summed E-state index contributed by atoms with van der Waals surface area (Å²) in [5.41, 5.74) is 3.14. The van der Waals surface area contributed by atoms with Crippen LogP contribution in [0.4, 0.5) is 0 Å². The number of para-hydroxylation sites is 3. The van der Waals surface area contributed by atoms with Crippen molar-refractivity contribution in [1.29, 1.82) is 0 Å². The third kappa shape index (κ3) is 3.34. The Hall–Kier alpha value is -2.98. The maximum absolute atomic E-state index is 12.5. The lowest BCUT2D eigenvalue weighted by molar-refractivity contribution is 0.115. The van der Waals surface area contributed by atoms with Crippen molar-refractivity contribution in [1.82, 2.24) is 0 Å². The molecule has 0 atom stereocenters. The van der Waals surface area contributed by atoms with E-state index in [1.807, 2.05) is 75.4 Å². The highest BCUT2D eigenvalue weighted by atomic mass is 16.5. The monoisotopic (exact) mass is 392 g/mol. The van der Waals surface area contributed by atoms with E-state index in [1.54, 1.807) is 21.3 Å². The molecule has 1 N–H and O–H groups in total. The van der Waals surface area contributed by atoms with E-state index in [0.717, 1.165) is 16.7 Å². The van der Waals surface area contributed by atoms with Crippen molar-refractivity contribution < 1.29 is 19.3 Å². The summed E-state index contributed by atoms with van der Waals surface area (Å²) >= 11 is 0. The molecule has 0 aliphatic rings. The third-order valence-electron chi connectivity index (χ3n) is 5.42. The van der Waals surface area contributed by atoms with E-state index >= 15 is 0 Å². The highest BCUT2D eigenvalue weighted by Crippen LogP contribution is 2.49. The van der Waals surface area contributed by atoms with Crippen molar-refractivity contribution >= 4 is 0 Å². The summed E-state index contributed by atoms with van der Waals surface area (Å²) in [7, 11) is 4.85. The Kier molecular flexibility index (Phi) is 5.85. The van der Waals surface area contributed by atoms with Crippen LogP contribution in [-0.4, -0.2) is 26.4 Å². The largest absolute Gasteiger partial charge is 0.496 e. The molecule has 4 nitrogen and oxygen atoms in total. The van der Waals surface area contributed by atoms with Crippen LogP contribution in [0.15, 0.2) is 54.6 Å². The van der Waals surface area contributed by atoms with Gasteiger partial charge in [0.2, 0.25) is 0 Å². The van der Waals surface area contributed by atoms with Gasteiger partial charge in [0.05, 0.1) is 21.3 Å². The SMILES string of the molecule is COc1c(C)cccc1C(O)(c1cccc(C)c1OC)c1cccc(C)c1OC. The van der Waals surface area contributed by atoms with Gasteiger partial charge in [-0.2, -0.15) is 0 Å². The molecule has 3 aromatic rings. The summed E-state index contributed by atoms with van der Waals surface area (Å²) in [5.74, 6) is 1.88. The van der Waals surface area contributed by atoms with Gasteiger partial charge in [-0.25, -0.2) is 0 Å². The molecular weight excluding hydrogens is 364 g/mol. The Labute approximate surface area is 172 Å². The Balaban J connectivity index is 2.50. The number of ether oxygens (including phenoxy) is 3. The summed E-state index contributed by atoms with van der Waals surface area (Å²) in [4.78, 5) is 0. The normalized spacial score (nSPS) is 11.3. The zero-order chi connectivity index (χ0) is 21.2. The predicted molar refractivity (Wildman–Crippen MR) is 115 cm³/mol. The number of rotatable bonds is 6. The van der Waals surface area contributed by atoms with E-state index in [-0.39, 0.29) is 0 Å². The van der Waals surface area contributed by atoms with E-state index in [4.69, 9.17) is 14.2 Å². The molecule has 0 heterocycles. The van der Waals surface area contributed by atoms with Gasteiger partial charge >= 0.3 is 0 Å². The second-order valence-electron chi connectivity index (χ2n) is 7.18. The quantitative estimate of drug-likeness (QED) is 0.605. The average molecular weight is 392 g/mol. The summed E-state index contributed by atoms with van der Waals surface area (Å²) in [6, 6.07) is 17.3. The number of aliphatic hydroxyl groups is 1. The average Bonchev–Trinajstić information content (AvgIpc) is 2.72. The Morgan fingerprint density at radius 1 is 0.552 bits per heavy atom. The van der Waals surface area contributed by atoms with Crippen LogP contribution in [0.5, 0.6) is 17.2 Å². The van der Waals surface area contributed by atoms with Crippen molar-refractivity contribution in [2.75, 3.05) is 21.3 Å². The van der Waals surface area contributed by atoms with Crippen LogP contribution in [0.3, 0.4) is 0 Å². The minimum absolute atomic E-state index is 0.627. The molecular formula is C25H28O4. The van der Waals surface area contributed by atoms with Gasteiger partial charge in [0.25, 0.3) is 0 Å². The standard InChI is InChI=1S/C25H28O4/c1-16-10-7-13-19(22(16)27-4)25(26,20-14-8-11-17(2)23(20)28-5)21-15-9-12-18(3)24(21)29-6/h7-15,26H,1-6H3. The molecule has 0 amide bonds. The number of aryl methyl sites for hydroxylation is 3. The van der Waals surface area contributed by atoms with Crippen molar-refractivity contribution in [3.63, 3.8) is 0 Å². The third-order valence-corrected chi connectivity index (χ3v) is 5.42. The summed E-state index contributed by atoms with van der Waals surface area (Å²) in [6.07, 6.45) is 0. The maximum atomic E-state index is 12.5. The topological polar surface area (TPSA) is 47.9 Å². The lowest BCUT2D eigenvalue weighted by atomic mass is 9.77. The second kappa shape index (κ2) is 8.18. The fraction of sp³-hybridized carbons (Fsp3) is 0.280. The lowest BCUT2D eigenvalue weighted by Crippen LogP contribution is -2.31. The summed E-state index contributed by atoms with van der Waals surface area (Å²) < 4.78 is 17.2. The van der Waals surface area contributed by atoms with Crippen LogP contribution >= 0.6 is 0 Å². The van der Waals surface area contributed by atoms with Gasteiger partial charge in [0.1, 0.15) is 17.2 Å². The Morgan fingerprint density at radius 3 is 1.07 bits per heavy atom. The molecule has 0 spiro atoms. The smallest absolute Gasteiger partial charge is 0.151 e. The zero-order valence-electron chi connectivity index (χ0n) is 17.9. The first kappa shape index (κ1) is 20.7. The Bertz CT molecular complexity index is 893. The highest BCUT2D eigenvalue weighted by molar-refractivity contribution is 5.62. The van der Waals surface area contributed by atoms with E-state index in [2.05, 4.69) is 0 Å². The molecule has 0 aromatic heterocycles. The fourth-order valence-corrected chi connectivity index (χ4v) is 4.06. The number of methoxy groups -OCH3 is 3. The molecule has 4 heteroatoms. The molecule has 0 saturated heterocycles. The van der Waals surface area contributed by atoms with Crippen LogP contribution in [0.25, 0.3) is 0 Å². The van der Waals surface area contributed by atoms with Crippen molar-refractivity contribution in [2.45, 2.75) is 26.4 Å². The molecule has 0 bridgehead atoms. The molecule has 3 rings (SSSR count). The van der Waals surface area contributed by atoms with Crippen LogP contribution in [0.1, 0.15) is 33.4 Å². The van der Waals surface area contributed by atoms with E-state index < -0.39 is 5.60 Å². The molecule has 152 valence electrons. The van der Waals surface area contributed by atoms with Crippen LogP contribution in [0.2, 0.25) is 0 Å². The highest BCUT2D eigenvalue weighted by Gasteiger charge is 2.42. The van der Waals surface area contributed by atoms with E-state index in [9.17, 15) is 5.11 Å². The van der Waals surface area contributed by atoms with Gasteiger partial charge in [-0.1, -0.05) is 54.6 Å². The molecule has 0 fully saturated rings. The van der Waals surface area contributed by atoms with Crippen LogP contribution < -0.4 is 14.2 Å². The lowest BCUT2D eigenvalue weighted by Gasteiger charge is -2.34. The number of hydrogen-bond acceptors (Lipinski definition) is 4. The molecule has 29 heavy (non-hydrogen) atoms. The minimum Gasteiger partial charge on any atom is -0.496 e. The van der Waals surface area contributed by atoms with Crippen molar-refractivity contribution in [3.8, 4) is 17.2 Å². The van der Waals surface area contributed by atoms with Gasteiger partial charge in [-0.3, -0.25) is 0 Å². The Morgan fingerprint density at radius 2 is 0.828 bits per heavy atom.